The first-order valence-electron chi connectivity index (χ1n) is 18.7. The van der Waals surface area contributed by atoms with Crippen LogP contribution in [0.3, 0.4) is 0 Å². The van der Waals surface area contributed by atoms with Gasteiger partial charge in [0, 0.05) is 32.5 Å². The second-order valence-electron chi connectivity index (χ2n) is 16.4. The van der Waals surface area contributed by atoms with Crippen molar-refractivity contribution in [2.24, 2.45) is 11.3 Å². The minimum absolute atomic E-state index is 0.0414. The van der Waals surface area contributed by atoms with Crippen molar-refractivity contribution in [2.75, 3.05) is 32.7 Å². The average Bonchev–Trinajstić information content (AvgIpc) is 3.69. The summed E-state index contributed by atoms with van der Waals surface area (Å²) in [6, 6.07) is 6.28. The van der Waals surface area contributed by atoms with E-state index in [-0.39, 0.29) is 36.8 Å². The fourth-order valence-corrected chi connectivity index (χ4v) is 7.58. The summed E-state index contributed by atoms with van der Waals surface area (Å²) in [6.07, 6.45) is 3.92. The first-order chi connectivity index (χ1) is 24.5. The number of aromatic nitrogens is 1. The highest BCUT2D eigenvalue weighted by Crippen LogP contribution is 2.28. The van der Waals surface area contributed by atoms with Gasteiger partial charge in [-0.3, -0.25) is 14.4 Å². The first kappa shape index (κ1) is 41.2. The summed E-state index contributed by atoms with van der Waals surface area (Å²) < 4.78 is 5.33. The van der Waals surface area contributed by atoms with Gasteiger partial charge in [0.25, 0.3) is 0 Å². The number of amides is 4. The molecular weight excluding hydrogens is 681 g/mol. The Labute approximate surface area is 313 Å². The van der Waals surface area contributed by atoms with Crippen molar-refractivity contribution in [1.82, 2.24) is 30.7 Å². The van der Waals surface area contributed by atoms with E-state index in [1.54, 1.807) is 11.3 Å². The summed E-state index contributed by atoms with van der Waals surface area (Å²) in [6.45, 7) is 17.1. The summed E-state index contributed by atoms with van der Waals surface area (Å²) in [5.41, 5.74) is 3.69. The van der Waals surface area contributed by atoms with Crippen LogP contribution in [0, 0.1) is 18.3 Å². The molecule has 4 amide bonds. The van der Waals surface area contributed by atoms with Gasteiger partial charge in [0.1, 0.15) is 17.7 Å². The van der Waals surface area contributed by atoms with Crippen LogP contribution >= 0.6 is 11.3 Å². The van der Waals surface area contributed by atoms with Gasteiger partial charge in [0.15, 0.2) is 0 Å². The Bertz CT molecular complexity index is 1490. The number of rotatable bonds is 14. The zero-order valence-corrected chi connectivity index (χ0v) is 32.9. The Hall–Kier alpha value is -3.55. The summed E-state index contributed by atoms with van der Waals surface area (Å²) in [5.74, 6) is -0.425. The number of aliphatic hydroxyl groups excluding tert-OH is 1. The van der Waals surface area contributed by atoms with E-state index in [2.05, 4.69) is 25.8 Å². The van der Waals surface area contributed by atoms with Crippen molar-refractivity contribution in [3.05, 3.63) is 41.0 Å². The Morgan fingerprint density at radius 3 is 2.31 bits per heavy atom. The fourth-order valence-electron chi connectivity index (χ4n) is 6.77. The van der Waals surface area contributed by atoms with Crippen molar-refractivity contribution in [3.8, 4) is 10.4 Å². The van der Waals surface area contributed by atoms with Crippen LogP contribution in [0.5, 0.6) is 0 Å². The van der Waals surface area contributed by atoms with Gasteiger partial charge >= 0.3 is 6.09 Å². The molecule has 0 spiro atoms. The molecule has 2 aliphatic heterocycles. The lowest BCUT2D eigenvalue weighted by Gasteiger charge is -2.35. The molecule has 0 unspecified atom stereocenters. The number of benzene rings is 1. The quantitative estimate of drug-likeness (QED) is 0.197. The topological polar surface area (TPSA) is 153 Å². The highest BCUT2D eigenvalue weighted by atomic mass is 32.1. The molecular formula is C39H60N6O6S. The van der Waals surface area contributed by atoms with Gasteiger partial charge in [-0.2, -0.15) is 0 Å². The smallest absolute Gasteiger partial charge is 0.407 e. The maximum atomic E-state index is 13.9. The zero-order chi connectivity index (χ0) is 38.1. The predicted molar refractivity (Wildman–Crippen MR) is 204 cm³/mol. The minimum atomic E-state index is -0.838. The molecule has 2 aromatic rings. The lowest BCUT2D eigenvalue weighted by molar-refractivity contribution is -0.144. The number of thiazole rings is 1. The van der Waals surface area contributed by atoms with Crippen molar-refractivity contribution in [2.45, 2.75) is 124 Å². The van der Waals surface area contributed by atoms with Crippen molar-refractivity contribution in [3.63, 3.8) is 0 Å². The van der Waals surface area contributed by atoms with Gasteiger partial charge in [-0.1, -0.05) is 51.5 Å². The molecule has 0 bridgehead atoms. The number of β-amino-alcohol motifs (C(OH)–C–C–N with tert-alkyl or cyclic N) is 1. The molecule has 13 heteroatoms. The van der Waals surface area contributed by atoms with Crippen LogP contribution in [0.15, 0.2) is 29.8 Å². The molecule has 0 aliphatic carbocycles. The summed E-state index contributed by atoms with van der Waals surface area (Å²) in [4.78, 5) is 61.6. The maximum Gasteiger partial charge on any atom is 0.407 e. The Morgan fingerprint density at radius 2 is 1.69 bits per heavy atom. The highest BCUT2D eigenvalue weighted by molar-refractivity contribution is 7.13. The van der Waals surface area contributed by atoms with E-state index in [1.165, 1.54) is 4.90 Å². The standard InChI is InChI=1S/C39H60N6O6S/c1-26-33(52-25-42-26)29-14-12-27(13-15-29)22-40-35(48)31-21-30(46)24-45(31)36(49)34(38(2,3)4)43-32(47)11-9-8-10-18-44-19-16-28(17-20-44)23-41-37(50)51-39(5,6)7/h12-15,25,28,30-31,34,46H,8-11,16-24H2,1-7H3,(H,40,48)(H,41,50)(H,43,47)/t30-,31+,34-/m1/s1. The fraction of sp³-hybridized carbons (Fsp3) is 0.667. The van der Waals surface area contributed by atoms with E-state index in [0.29, 0.717) is 31.8 Å². The molecule has 0 saturated carbocycles. The van der Waals surface area contributed by atoms with E-state index in [1.807, 2.05) is 78.2 Å². The van der Waals surface area contributed by atoms with E-state index >= 15 is 0 Å². The molecule has 4 rings (SSSR count). The number of ether oxygens (including phenoxy) is 1. The van der Waals surface area contributed by atoms with Crippen molar-refractivity contribution < 1.29 is 29.0 Å². The van der Waals surface area contributed by atoms with Gasteiger partial charge in [0.2, 0.25) is 17.7 Å². The Balaban J connectivity index is 1.18. The number of alkyl carbamates (subject to hydrolysis) is 1. The lowest BCUT2D eigenvalue weighted by Crippen LogP contribution is -2.57. The van der Waals surface area contributed by atoms with Gasteiger partial charge in [-0.25, -0.2) is 9.78 Å². The summed E-state index contributed by atoms with van der Waals surface area (Å²) >= 11 is 1.59. The third-order valence-corrected chi connectivity index (χ3v) is 10.7. The third-order valence-electron chi connectivity index (χ3n) is 9.73. The van der Waals surface area contributed by atoms with Crippen LogP contribution in [0.4, 0.5) is 4.79 Å². The second-order valence-corrected chi connectivity index (χ2v) is 17.3. The van der Waals surface area contributed by atoms with Gasteiger partial charge < -0.3 is 35.6 Å². The number of piperidine rings is 1. The van der Waals surface area contributed by atoms with Crippen LogP contribution in [0.25, 0.3) is 10.4 Å². The first-order valence-corrected chi connectivity index (χ1v) is 19.6. The SMILES string of the molecule is Cc1ncsc1-c1ccc(CNC(=O)[C@@H]2C[C@@H](O)CN2C(=O)[C@@H](NC(=O)CCCCCN2CCC(CNC(=O)OC(C)(C)C)CC2)C(C)(C)C)cc1. The number of carbonyl (C=O) groups excluding carboxylic acids is 4. The number of aliphatic hydroxyl groups is 1. The van der Waals surface area contributed by atoms with E-state index < -0.39 is 29.2 Å². The van der Waals surface area contributed by atoms with Gasteiger partial charge in [-0.15, -0.1) is 11.3 Å². The van der Waals surface area contributed by atoms with Gasteiger partial charge in [0.05, 0.1) is 22.2 Å². The van der Waals surface area contributed by atoms with Crippen LogP contribution in [0.2, 0.25) is 0 Å². The number of hydrogen-bond donors (Lipinski definition) is 4. The van der Waals surface area contributed by atoms with Crippen molar-refractivity contribution >= 4 is 35.2 Å². The van der Waals surface area contributed by atoms with E-state index in [4.69, 9.17) is 4.74 Å². The van der Waals surface area contributed by atoms with Crippen LogP contribution in [-0.2, 0) is 25.7 Å². The molecule has 1 aromatic carbocycles. The molecule has 288 valence electrons. The molecule has 52 heavy (non-hydrogen) atoms. The molecule has 12 nitrogen and oxygen atoms in total. The molecule has 2 fully saturated rings. The average molecular weight is 741 g/mol. The largest absolute Gasteiger partial charge is 0.444 e. The summed E-state index contributed by atoms with van der Waals surface area (Å²) in [5, 5.41) is 19.3. The van der Waals surface area contributed by atoms with Crippen LogP contribution in [0.1, 0.15) is 97.7 Å². The Kier molecular flexibility index (Phi) is 14.6. The highest BCUT2D eigenvalue weighted by Gasteiger charge is 2.44. The van der Waals surface area contributed by atoms with Crippen LogP contribution < -0.4 is 16.0 Å². The maximum absolute atomic E-state index is 13.9. The number of likely N-dealkylation sites (tertiary alicyclic amines) is 2. The number of aryl methyl sites for hydroxylation is 1. The number of hydrogen-bond acceptors (Lipinski definition) is 9. The van der Waals surface area contributed by atoms with Gasteiger partial charge in [-0.05, 0) is 95.5 Å². The molecule has 1 aromatic heterocycles. The lowest BCUT2D eigenvalue weighted by atomic mass is 9.85. The van der Waals surface area contributed by atoms with E-state index in [0.717, 1.165) is 67.0 Å². The Morgan fingerprint density at radius 1 is 1.00 bits per heavy atom. The zero-order valence-electron chi connectivity index (χ0n) is 32.1. The predicted octanol–water partition coefficient (Wildman–Crippen LogP) is 5.02. The normalized spacial score (nSPS) is 19.3. The molecule has 2 saturated heterocycles. The molecule has 3 heterocycles. The van der Waals surface area contributed by atoms with E-state index in [9.17, 15) is 24.3 Å². The van der Waals surface area contributed by atoms with Crippen molar-refractivity contribution in [1.29, 1.82) is 0 Å². The number of unbranched alkanes of at least 4 members (excludes halogenated alkanes) is 2. The number of nitrogens with one attached hydrogen (secondary N) is 3. The number of carbonyl (C=O) groups is 4. The monoisotopic (exact) mass is 740 g/mol. The molecule has 2 aliphatic rings. The minimum Gasteiger partial charge on any atom is -0.444 e. The number of nitrogens with zero attached hydrogens (tertiary/aromatic N) is 3. The van der Waals surface area contributed by atoms with Crippen LogP contribution in [-0.4, -0.2) is 100 Å². The molecule has 4 N–H and O–H groups in total. The molecule has 0 radical (unpaired) electrons. The summed E-state index contributed by atoms with van der Waals surface area (Å²) in [7, 11) is 0. The second kappa shape index (κ2) is 18.5. The molecule has 3 atom stereocenters. The third kappa shape index (κ3) is 12.5.